The van der Waals surface area contributed by atoms with Crippen LogP contribution in [-0.4, -0.2) is 24.2 Å². The molecule has 0 amide bonds. The minimum absolute atomic E-state index is 0.270. The number of aliphatic hydroxyl groups is 1. The van der Waals surface area contributed by atoms with Gasteiger partial charge in [0.1, 0.15) is 6.54 Å². The average molecular weight is 300 g/mol. The van der Waals surface area contributed by atoms with Crippen LogP contribution in [0.5, 0.6) is 0 Å². The number of nitrogens with one attached hydrogen (secondary N) is 1. The predicted octanol–water partition coefficient (Wildman–Crippen LogP) is 2.38. The molecule has 1 fully saturated rings. The molecule has 1 aliphatic rings. The Morgan fingerprint density at radius 3 is 2.41 bits per heavy atom. The maximum absolute atomic E-state index is 11.3. The summed E-state index contributed by atoms with van der Waals surface area (Å²) in [6, 6.07) is 10.6. The van der Waals surface area contributed by atoms with Crippen LogP contribution < -0.4 is 4.90 Å². The van der Waals surface area contributed by atoms with Gasteiger partial charge in [0.2, 0.25) is 0 Å². The SMILES string of the molecule is CC[NH+](CC#C[C@](O)(c1ccccc1)C1CCCC1)C(C)C. The molecule has 1 aromatic carbocycles. The molecule has 0 aromatic heterocycles. The van der Waals surface area contributed by atoms with Crippen molar-refractivity contribution in [2.24, 2.45) is 5.92 Å². The van der Waals surface area contributed by atoms with Gasteiger partial charge in [-0.2, -0.15) is 0 Å². The molecule has 1 aliphatic carbocycles. The molecule has 120 valence electrons. The van der Waals surface area contributed by atoms with E-state index in [2.05, 4.69) is 32.6 Å². The second-order valence-electron chi connectivity index (χ2n) is 6.76. The van der Waals surface area contributed by atoms with Crippen LogP contribution in [0.2, 0.25) is 0 Å². The van der Waals surface area contributed by atoms with Crippen molar-refractivity contribution in [1.82, 2.24) is 0 Å². The van der Waals surface area contributed by atoms with Crippen LogP contribution in [0.4, 0.5) is 0 Å². The highest BCUT2D eigenvalue weighted by atomic mass is 16.3. The van der Waals surface area contributed by atoms with E-state index in [0.29, 0.717) is 6.04 Å². The molecular weight excluding hydrogens is 270 g/mol. The lowest BCUT2D eigenvalue weighted by molar-refractivity contribution is -0.912. The van der Waals surface area contributed by atoms with Crippen LogP contribution in [0.3, 0.4) is 0 Å². The number of quaternary nitrogens is 1. The van der Waals surface area contributed by atoms with Crippen molar-refractivity contribution < 1.29 is 10.0 Å². The highest BCUT2D eigenvalue weighted by molar-refractivity contribution is 5.33. The fourth-order valence-corrected chi connectivity index (χ4v) is 3.48. The van der Waals surface area contributed by atoms with Crippen molar-refractivity contribution in [2.45, 2.75) is 58.1 Å². The Morgan fingerprint density at radius 2 is 1.86 bits per heavy atom. The molecule has 1 saturated carbocycles. The average Bonchev–Trinajstić information content (AvgIpc) is 3.07. The van der Waals surface area contributed by atoms with Crippen molar-refractivity contribution in [3.8, 4) is 11.8 Å². The predicted molar refractivity (Wildman–Crippen MR) is 91.6 cm³/mol. The Balaban J connectivity index is 2.23. The lowest BCUT2D eigenvalue weighted by atomic mass is 9.80. The largest absolute Gasteiger partial charge is 0.373 e. The Kier molecular flexibility index (Phi) is 6.06. The smallest absolute Gasteiger partial charge is 0.153 e. The molecular formula is C20H30NO+. The van der Waals surface area contributed by atoms with E-state index in [0.717, 1.165) is 31.5 Å². The molecule has 2 nitrogen and oxygen atoms in total. The van der Waals surface area contributed by atoms with Crippen molar-refractivity contribution in [2.75, 3.05) is 13.1 Å². The normalized spacial score (nSPS) is 19.5. The molecule has 0 saturated heterocycles. The van der Waals surface area contributed by atoms with Crippen LogP contribution in [-0.2, 0) is 5.60 Å². The molecule has 0 heterocycles. The zero-order chi connectivity index (χ0) is 16.0. The summed E-state index contributed by atoms with van der Waals surface area (Å²) in [5.41, 5.74) is -0.0230. The van der Waals surface area contributed by atoms with Gasteiger partial charge in [0.25, 0.3) is 0 Å². The second-order valence-corrected chi connectivity index (χ2v) is 6.76. The molecule has 22 heavy (non-hydrogen) atoms. The number of hydrogen-bond donors (Lipinski definition) is 2. The fraction of sp³-hybridized carbons (Fsp3) is 0.600. The maximum Gasteiger partial charge on any atom is 0.153 e. The van der Waals surface area contributed by atoms with Gasteiger partial charge >= 0.3 is 0 Å². The van der Waals surface area contributed by atoms with Crippen LogP contribution >= 0.6 is 0 Å². The van der Waals surface area contributed by atoms with Crippen LogP contribution in [0.25, 0.3) is 0 Å². The van der Waals surface area contributed by atoms with E-state index in [1.807, 2.05) is 30.3 Å². The molecule has 2 atom stereocenters. The van der Waals surface area contributed by atoms with E-state index in [4.69, 9.17) is 0 Å². The van der Waals surface area contributed by atoms with Crippen molar-refractivity contribution in [1.29, 1.82) is 0 Å². The first-order valence-corrected chi connectivity index (χ1v) is 8.70. The summed E-state index contributed by atoms with van der Waals surface area (Å²) >= 11 is 0. The summed E-state index contributed by atoms with van der Waals surface area (Å²) in [5, 5.41) is 11.3. The van der Waals surface area contributed by atoms with Gasteiger partial charge in [-0.05, 0) is 45.1 Å². The Labute approximate surface area is 135 Å². The third kappa shape index (κ3) is 3.91. The van der Waals surface area contributed by atoms with E-state index in [1.54, 1.807) is 0 Å². The Morgan fingerprint density at radius 1 is 1.23 bits per heavy atom. The number of benzene rings is 1. The van der Waals surface area contributed by atoms with Gasteiger partial charge in [0.05, 0.1) is 12.6 Å². The van der Waals surface area contributed by atoms with Gasteiger partial charge in [0.15, 0.2) is 5.60 Å². The lowest BCUT2D eigenvalue weighted by Crippen LogP contribution is -3.14. The van der Waals surface area contributed by atoms with Gasteiger partial charge in [0, 0.05) is 5.92 Å². The van der Waals surface area contributed by atoms with Gasteiger partial charge < -0.3 is 10.0 Å². The zero-order valence-electron chi connectivity index (χ0n) is 14.2. The first kappa shape index (κ1) is 17.1. The van der Waals surface area contributed by atoms with Crippen LogP contribution in [0.15, 0.2) is 30.3 Å². The highest BCUT2D eigenvalue weighted by Crippen LogP contribution is 2.40. The van der Waals surface area contributed by atoms with E-state index in [1.165, 1.54) is 17.7 Å². The quantitative estimate of drug-likeness (QED) is 0.802. The molecule has 0 radical (unpaired) electrons. The minimum atomic E-state index is -0.979. The first-order chi connectivity index (χ1) is 10.6. The lowest BCUT2D eigenvalue weighted by Gasteiger charge is -2.29. The van der Waals surface area contributed by atoms with Gasteiger partial charge in [-0.1, -0.05) is 49.1 Å². The topological polar surface area (TPSA) is 24.7 Å². The summed E-state index contributed by atoms with van der Waals surface area (Å²) in [6.45, 7) is 8.51. The van der Waals surface area contributed by atoms with Gasteiger partial charge in [-0.25, -0.2) is 0 Å². The van der Waals surface area contributed by atoms with E-state index >= 15 is 0 Å². The van der Waals surface area contributed by atoms with E-state index in [9.17, 15) is 5.11 Å². The molecule has 1 aromatic rings. The maximum atomic E-state index is 11.3. The molecule has 0 bridgehead atoms. The van der Waals surface area contributed by atoms with Gasteiger partial charge in [-0.3, -0.25) is 0 Å². The third-order valence-corrected chi connectivity index (χ3v) is 5.02. The number of rotatable bonds is 5. The molecule has 2 N–H and O–H groups in total. The summed E-state index contributed by atoms with van der Waals surface area (Å²) < 4.78 is 0. The molecule has 0 spiro atoms. The van der Waals surface area contributed by atoms with Crippen molar-refractivity contribution in [3.05, 3.63) is 35.9 Å². The summed E-state index contributed by atoms with van der Waals surface area (Å²) in [6.07, 6.45) is 4.57. The summed E-state index contributed by atoms with van der Waals surface area (Å²) in [7, 11) is 0. The molecule has 2 rings (SSSR count). The van der Waals surface area contributed by atoms with Crippen LogP contribution in [0.1, 0.15) is 52.0 Å². The minimum Gasteiger partial charge on any atom is -0.373 e. The zero-order valence-corrected chi connectivity index (χ0v) is 14.2. The molecule has 0 aliphatic heterocycles. The van der Waals surface area contributed by atoms with Crippen molar-refractivity contribution in [3.63, 3.8) is 0 Å². The molecule has 1 unspecified atom stereocenters. The van der Waals surface area contributed by atoms with E-state index < -0.39 is 5.60 Å². The van der Waals surface area contributed by atoms with Gasteiger partial charge in [-0.15, -0.1) is 0 Å². The Bertz CT molecular complexity index is 508. The third-order valence-electron chi connectivity index (χ3n) is 5.02. The van der Waals surface area contributed by atoms with Crippen LogP contribution in [0, 0.1) is 17.8 Å². The molecule has 2 heteroatoms. The highest BCUT2D eigenvalue weighted by Gasteiger charge is 2.38. The summed E-state index contributed by atoms with van der Waals surface area (Å²) in [5.74, 6) is 6.83. The van der Waals surface area contributed by atoms with E-state index in [-0.39, 0.29) is 5.92 Å². The first-order valence-electron chi connectivity index (χ1n) is 8.70. The Hall–Kier alpha value is -1.30. The second kappa shape index (κ2) is 7.81. The standard InChI is InChI=1S/C20H29NO/c1-4-21(17(2)3)16-10-15-20(22,19-13-8-9-14-19)18-11-6-5-7-12-18/h5-7,11-12,17,19,22H,4,8-9,13-14,16H2,1-3H3/p+1/t20-/m0/s1. The van der Waals surface area contributed by atoms with Crippen molar-refractivity contribution >= 4 is 0 Å². The number of hydrogen-bond acceptors (Lipinski definition) is 1. The fourth-order valence-electron chi connectivity index (χ4n) is 3.48. The monoisotopic (exact) mass is 300 g/mol. The summed E-state index contributed by atoms with van der Waals surface area (Å²) in [4.78, 5) is 1.47.